The molecule has 4 nitrogen and oxygen atoms in total. The molecule has 136 valence electrons. The lowest BCUT2D eigenvalue weighted by Gasteiger charge is -2.28. The second-order valence-corrected chi connectivity index (χ2v) is 7.73. The molecule has 0 N–H and O–H groups in total. The van der Waals surface area contributed by atoms with Crippen LogP contribution in [0.3, 0.4) is 0 Å². The van der Waals surface area contributed by atoms with Gasteiger partial charge in [-0.2, -0.15) is 0 Å². The van der Waals surface area contributed by atoms with Gasteiger partial charge in [-0.1, -0.05) is 26.3 Å². The Hall–Kier alpha value is -1.32. The monoisotopic (exact) mass is 336 g/mol. The molecule has 2 fully saturated rings. The van der Waals surface area contributed by atoms with Crippen molar-refractivity contribution < 1.29 is 19.1 Å². The zero-order chi connectivity index (χ0) is 17.4. The highest BCUT2D eigenvalue weighted by Gasteiger charge is 2.25. The molecule has 2 aliphatic rings. The van der Waals surface area contributed by atoms with Crippen molar-refractivity contribution in [2.45, 2.75) is 64.7 Å². The Morgan fingerprint density at radius 2 is 1.38 bits per heavy atom. The molecule has 0 amide bonds. The van der Waals surface area contributed by atoms with Gasteiger partial charge >= 0.3 is 11.9 Å². The molecule has 0 aromatic heterocycles. The third-order valence-electron chi connectivity index (χ3n) is 5.67. The molecule has 0 unspecified atom stereocenters. The van der Waals surface area contributed by atoms with Gasteiger partial charge in [-0.15, -0.1) is 0 Å². The summed E-state index contributed by atoms with van der Waals surface area (Å²) in [4.78, 5) is 23.1. The van der Waals surface area contributed by atoms with Crippen LogP contribution in [0.4, 0.5) is 0 Å². The number of carbonyl (C=O) groups excluding carboxylic acids is 2. The van der Waals surface area contributed by atoms with E-state index in [1.54, 1.807) is 0 Å². The smallest absolute Gasteiger partial charge is 0.330 e. The first kappa shape index (κ1) is 19.0. The van der Waals surface area contributed by atoms with E-state index in [9.17, 15) is 9.59 Å². The van der Waals surface area contributed by atoms with Crippen molar-refractivity contribution in [3.63, 3.8) is 0 Å². The highest BCUT2D eigenvalue weighted by atomic mass is 16.5. The molecule has 0 saturated heterocycles. The van der Waals surface area contributed by atoms with Crippen molar-refractivity contribution in [3.8, 4) is 0 Å². The summed E-state index contributed by atoms with van der Waals surface area (Å²) >= 11 is 0. The largest absolute Gasteiger partial charge is 0.465 e. The first-order valence-corrected chi connectivity index (χ1v) is 9.51. The average Bonchev–Trinajstić information content (AvgIpc) is 2.60. The predicted molar refractivity (Wildman–Crippen MR) is 93.3 cm³/mol. The Bertz CT molecular complexity index is 415. The minimum absolute atomic E-state index is 0.0170. The molecule has 24 heavy (non-hydrogen) atoms. The van der Waals surface area contributed by atoms with Gasteiger partial charge in [0.25, 0.3) is 0 Å². The molecule has 0 radical (unpaired) electrons. The van der Waals surface area contributed by atoms with Crippen LogP contribution in [-0.2, 0) is 19.1 Å². The zero-order valence-corrected chi connectivity index (χ0v) is 15.0. The SMILES string of the molecule is C=CC(=O)OCC1CCC(COC(=O)CC2CCC(C)CC2)CC1. The Morgan fingerprint density at radius 3 is 1.92 bits per heavy atom. The molecular formula is C20H32O4. The summed E-state index contributed by atoms with van der Waals surface area (Å²) < 4.78 is 10.6. The molecule has 0 aromatic rings. The van der Waals surface area contributed by atoms with E-state index in [4.69, 9.17) is 9.47 Å². The highest BCUT2D eigenvalue weighted by Crippen LogP contribution is 2.31. The van der Waals surface area contributed by atoms with Crippen LogP contribution in [0.25, 0.3) is 0 Å². The van der Waals surface area contributed by atoms with Gasteiger partial charge < -0.3 is 9.47 Å². The van der Waals surface area contributed by atoms with Gasteiger partial charge in [-0.3, -0.25) is 4.79 Å². The van der Waals surface area contributed by atoms with Crippen molar-refractivity contribution in [2.24, 2.45) is 23.7 Å². The van der Waals surface area contributed by atoms with E-state index in [0.717, 1.165) is 31.6 Å². The van der Waals surface area contributed by atoms with E-state index in [2.05, 4.69) is 13.5 Å². The molecule has 2 aliphatic carbocycles. The molecule has 0 heterocycles. The minimum Gasteiger partial charge on any atom is -0.465 e. The number of carbonyl (C=O) groups is 2. The maximum atomic E-state index is 12.0. The fourth-order valence-corrected chi connectivity index (χ4v) is 3.86. The molecule has 0 aromatic carbocycles. The molecule has 4 heteroatoms. The number of ether oxygens (including phenoxy) is 2. The van der Waals surface area contributed by atoms with Gasteiger partial charge in [0.05, 0.1) is 13.2 Å². The van der Waals surface area contributed by atoms with Crippen LogP contribution in [-0.4, -0.2) is 25.2 Å². The Morgan fingerprint density at radius 1 is 0.875 bits per heavy atom. The van der Waals surface area contributed by atoms with Gasteiger partial charge in [0.1, 0.15) is 0 Å². The first-order valence-electron chi connectivity index (χ1n) is 9.51. The summed E-state index contributed by atoms with van der Waals surface area (Å²) in [5.41, 5.74) is 0. The summed E-state index contributed by atoms with van der Waals surface area (Å²) in [6.45, 7) is 6.73. The number of rotatable bonds is 7. The van der Waals surface area contributed by atoms with Gasteiger partial charge in [0.2, 0.25) is 0 Å². The lowest BCUT2D eigenvalue weighted by atomic mass is 9.81. The van der Waals surface area contributed by atoms with Gasteiger partial charge in [0, 0.05) is 12.5 Å². The summed E-state index contributed by atoms with van der Waals surface area (Å²) in [6, 6.07) is 0. The van der Waals surface area contributed by atoms with Gasteiger partial charge in [0.15, 0.2) is 0 Å². The van der Waals surface area contributed by atoms with Crippen molar-refractivity contribution in [2.75, 3.05) is 13.2 Å². The van der Waals surface area contributed by atoms with Crippen molar-refractivity contribution >= 4 is 11.9 Å². The second kappa shape index (κ2) is 9.85. The maximum absolute atomic E-state index is 12.0. The third-order valence-corrected chi connectivity index (χ3v) is 5.67. The lowest BCUT2D eigenvalue weighted by Crippen LogP contribution is -2.24. The zero-order valence-electron chi connectivity index (χ0n) is 15.0. The number of esters is 2. The molecule has 2 rings (SSSR count). The van der Waals surface area contributed by atoms with Crippen LogP contribution in [0.15, 0.2) is 12.7 Å². The Kier molecular flexibility index (Phi) is 7.80. The van der Waals surface area contributed by atoms with E-state index in [1.165, 1.54) is 31.8 Å². The van der Waals surface area contributed by atoms with Crippen molar-refractivity contribution in [1.29, 1.82) is 0 Å². The van der Waals surface area contributed by atoms with E-state index in [0.29, 0.717) is 37.4 Å². The van der Waals surface area contributed by atoms with Crippen LogP contribution in [0, 0.1) is 23.7 Å². The molecule has 0 atom stereocenters. The van der Waals surface area contributed by atoms with Gasteiger partial charge in [-0.05, 0) is 62.2 Å². The fourth-order valence-electron chi connectivity index (χ4n) is 3.86. The van der Waals surface area contributed by atoms with Crippen molar-refractivity contribution in [3.05, 3.63) is 12.7 Å². The van der Waals surface area contributed by atoms with E-state index in [-0.39, 0.29) is 11.9 Å². The predicted octanol–water partition coefficient (Wildman–Crippen LogP) is 4.28. The van der Waals surface area contributed by atoms with Crippen LogP contribution in [0.5, 0.6) is 0 Å². The Labute approximate surface area is 146 Å². The molecule has 2 saturated carbocycles. The minimum atomic E-state index is -0.344. The van der Waals surface area contributed by atoms with E-state index < -0.39 is 0 Å². The van der Waals surface area contributed by atoms with E-state index >= 15 is 0 Å². The average molecular weight is 336 g/mol. The molecular weight excluding hydrogens is 304 g/mol. The summed E-state index contributed by atoms with van der Waals surface area (Å²) in [5, 5.41) is 0. The summed E-state index contributed by atoms with van der Waals surface area (Å²) in [7, 11) is 0. The van der Waals surface area contributed by atoms with Crippen LogP contribution >= 0.6 is 0 Å². The number of hydrogen-bond donors (Lipinski definition) is 0. The molecule has 0 aliphatic heterocycles. The topological polar surface area (TPSA) is 52.6 Å². The summed E-state index contributed by atoms with van der Waals surface area (Å²) in [6.07, 6.45) is 10.8. The maximum Gasteiger partial charge on any atom is 0.330 e. The normalized spacial score (nSPS) is 30.4. The quantitative estimate of drug-likeness (QED) is 0.514. The summed E-state index contributed by atoms with van der Waals surface area (Å²) in [5.74, 6) is 1.89. The van der Waals surface area contributed by atoms with Crippen LogP contribution < -0.4 is 0 Å². The fraction of sp³-hybridized carbons (Fsp3) is 0.800. The first-order chi connectivity index (χ1) is 11.6. The van der Waals surface area contributed by atoms with Crippen LogP contribution in [0.1, 0.15) is 64.7 Å². The standard InChI is InChI=1S/C20H32O4/c1-3-19(21)23-13-17-8-10-18(11-9-17)14-24-20(22)12-16-6-4-15(2)5-7-16/h3,15-18H,1,4-14H2,2H3. The third kappa shape index (κ3) is 6.66. The molecule has 0 bridgehead atoms. The molecule has 0 spiro atoms. The van der Waals surface area contributed by atoms with E-state index in [1.807, 2.05) is 0 Å². The van der Waals surface area contributed by atoms with Crippen LogP contribution in [0.2, 0.25) is 0 Å². The highest BCUT2D eigenvalue weighted by molar-refractivity contribution is 5.81. The van der Waals surface area contributed by atoms with Crippen molar-refractivity contribution in [1.82, 2.24) is 0 Å². The second-order valence-electron chi connectivity index (χ2n) is 7.73. The van der Waals surface area contributed by atoms with Gasteiger partial charge in [-0.25, -0.2) is 4.79 Å². The Balaban J connectivity index is 1.56. The lowest BCUT2D eigenvalue weighted by molar-refractivity contribution is -0.147. The number of hydrogen-bond acceptors (Lipinski definition) is 4.